The van der Waals surface area contributed by atoms with Gasteiger partial charge in [0, 0.05) is 13.0 Å². The van der Waals surface area contributed by atoms with E-state index in [2.05, 4.69) is 20.6 Å². The molecular formula is C10H14N6O2. The molecule has 0 aromatic carbocycles. The molecule has 18 heavy (non-hydrogen) atoms. The molecule has 8 heteroatoms. The van der Waals surface area contributed by atoms with Crippen molar-refractivity contribution >= 4 is 0 Å². The van der Waals surface area contributed by atoms with Crippen LogP contribution in [0.1, 0.15) is 43.3 Å². The highest BCUT2D eigenvalue weighted by Crippen LogP contribution is 2.32. The molecule has 0 spiro atoms. The molecule has 1 fully saturated rings. The first-order valence-corrected chi connectivity index (χ1v) is 6.03. The Morgan fingerprint density at radius 3 is 2.78 bits per heavy atom. The maximum Gasteiger partial charge on any atom is 0.363 e. The van der Waals surface area contributed by atoms with Crippen molar-refractivity contribution in [1.29, 1.82) is 0 Å². The number of aromatic nitrogens is 6. The van der Waals surface area contributed by atoms with Crippen LogP contribution in [-0.2, 0) is 13.6 Å². The van der Waals surface area contributed by atoms with Crippen LogP contribution >= 0.6 is 0 Å². The summed E-state index contributed by atoms with van der Waals surface area (Å²) in [5.74, 6) is 1.56. The third kappa shape index (κ3) is 1.93. The second kappa shape index (κ2) is 4.35. The van der Waals surface area contributed by atoms with Crippen molar-refractivity contribution in [2.75, 3.05) is 0 Å². The molecule has 0 amide bonds. The van der Waals surface area contributed by atoms with E-state index in [0.717, 1.165) is 23.3 Å². The lowest BCUT2D eigenvalue weighted by atomic mass is 10.1. The molecule has 0 aliphatic heterocycles. The lowest BCUT2D eigenvalue weighted by molar-refractivity contribution is 0.355. The van der Waals surface area contributed by atoms with Gasteiger partial charge in [0.05, 0.1) is 0 Å². The summed E-state index contributed by atoms with van der Waals surface area (Å²) in [7, 11) is 1.55. The van der Waals surface area contributed by atoms with Crippen LogP contribution in [0.5, 0.6) is 0 Å². The highest BCUT2D eigenvalue weighted by Gasteiger charge is 2.22. The normalized spacial score (nSPS) is 16.5. The highest BCUT2D eigenvalue weighted by atomic mass is 16.5. The Morgan fingerprint density at radius 1 is 1.33 bits per heavy atom. The Balaban J connectivity index is 1.77. The first-order chi connectivity index (χ1) is 8.74. The fraction of sp³-hybridized carbons (Fsp3) is 0.700. The minimum atomic E-state index is -0.296. The zero-order valence-corrected chi connectivity index (χ0v) is 10.1. The summed E-state index contributed by atoms with van der Waals surface area (Å²) in [6, 6.07) is 0. The third-order valence-corrected chi connectivity index (χ3v) is 3.27. The van der Waals surface area contributed by atoms with Crippen LogP contribution < -0.4 is 5.69 Å². The molecule has 0 radical (unpaired) electrons. The second-order valence-electron chi connectivity index (χ2n) is 4.57. The minimum Gasteiger partial charge on any atom is -0.337 e. The van der Waals surface area contributed by atoms with Gasteiger partial charge in [-0.1, -0.05) is 18.0 Å². The van der Waals surface area contributed by atoms with Gasteiger partial charge in [-0.05, 0) is 23.3 Å². The lowest BCUT2D eigenvalue weighted by Crippen LogP contribution is -2.23. The molecule has 0 N–H and O–H groups in total. The van der Waals surface area contributed by atoms with Crippen LogP contribution in [0.2, 0.25) is 0 Å². The Labute approximate surface area is 103 Å². The summed E-state index contributed by atoms with van der Waals surface area (Å²) >= 11 is 0. The standard InChI is InChI=1S/C10H14N6O2/c1-15-10(17)16(14-13-15)6-8-11-9(12-18-8)7-4-2-3-5-7/h7H,2-6H2,1H3. The molecule has 2 heterocycles. The van der Waals surface area contributed by atoms with Gasteiger partial charge in [0.25, 0.3) is 0 Å². The van der Waals surface area contributed by atoms with E-state index in [1.54, 1.807) is 7.05 Å². The third-order valence-electron chi connectivity index (χ3n) is 3.27. The van der Waals surface area contributed by atoms with Crippen molar-refractivity contribution in [3.63, 3.8) is 0 Å². The lowest BCUT2D eigenvalue weighted by Gasteiger charge is -1.99. The Morgan fingerprint density at radius 2 is 2.11 bits per heavy atom. The molecule has 96 valence electrons. The largest absolute Gasteiger partial charge is 0.363 e. The smallest absolute Gasteiger partial charge is 0.337 e. The first-order valence-electron chi connectivity index (χ1n) is 6.03. The molecule has 0 atom stereocenters. The summed E-state index contributed by atoms with van der Waals surface area (Å²) < 4.78 is 7.51. The summed E-state index contributed by atoms with van der Waals surface area (Å²) in [4.78, 5) is 15.9. The number of rotatable bonds is 3. The zero-order chi connectivity index (χ0) is 12.5. The Kier molecular flexibility index (Phi) is 2.69. The number of hydrogen-bond donors (Lipinski definition) is 0. The van der Waals surface area contributed by atoms with Gasteiger partial charge in [0.15, 0.2) is 5.82 Å². The van der Waals surface area contributed by atoms with Crippen LogP contribution in [0.4, 0.5) is 0 Å². The monoisotopic (exact) mass is 250 g/mol. The van der Waals surface area contributed by atoms with Crippen molar-refractivity contribution < 1.29 is 4.52 Å². The summed E-state index contributed by atoms with van der Waals surface area (Å²) in [6.45, 7) is 0.173. The number of nitrogens with zero attached hydrogens (tertiary/aromatic N) is 6. The fourth-order valence-electron chi connectivity index (χ4n) is 2.26. The van der Waals surface area contributed by atoms with Gasteiger partial charge in [-0.3, -0.25) is 0 Å². The number of tetrazole rings is 1. The highest BCUT2D eigenvalue weighted by molar-refractivity contribution is 4.97. The predicted octanol–water partition coefficient (Wildman–Crippen LogP) is 0.0657. The van der Waals surface area contributed by atoms with Gasteiger partial charge < -0.3 is 4.52 Å². The molecule has 3 rings (SSSR count). The van der Waals surface area contributed by atoms with Crippen LogP contribution in [-0.4, -0.2) is 29.9 Å². The van der Waals surface area contributed by atoms with Gasteiger partial charge >= 0.3 is 5.69 Å². The second-order valence-corrected chi connectivity index (χ2v) is 4.57. The van der Waals surface area contributed by atoms with Crippen molar-refractivity contribution in [1.82, 2.24) is 29.9 Å². The molecule has 0 bridgehead atoms. The molecule has 1 aliphatic carbocycles. The van der Waals surface area contributed by atoms with Gasteiger partial charge in [0.1, 0.15) is 6.54 Å². The van der Waals surface area contributed by atoms with Gasteiger partial charge in [-0.15, -0.1) is 0 Å². The SMILES string of the molecule is Cn1nnn(Cc2nc(C3CCCC3)no2)c1=O. The van der Waals surface area contributed by atoms with E-state index in [4.69, 9.17) is 4.52 Å². The summed E-state index contributed by atoms with van der Waals surface area (Å²) in [5.41, 5.74) is -0.296. The number of hydrogen-bond acceptors (Lipinski definition) is 6. The van der Waals surface area contributed by atoms with E-state index in [0.29, 0.717) is 11.8 Å². The van der Waals surface area contributed by atoms with E-state index in [1.165, 1.54) is 17.5 Å². The fourth-order valence-corrected chi connectivity index (χ4v) is 2.26. The van der Waals surface area contributed by atoms with Gasteiger partial charge in [-0.25, -0.2) is 4.79 Å². The molecule has 0 unspecified atom stereocenters. The van der Waals surface area contributed by atoms with Crippen molar-refractivity contribution in [3.05, 3.63) is 22.2 Å². The molecule has 1 aliphatic rings. The Hall–Kier alpha value is -1.99. The maximum absolute atomic E-state index is 11.5. The van der Waals surface area contributed by atoms with E-state index < -0.39 is 0 Å². The van der Waals surface area contributed by atoms with Crippen LogP contribution in [0.15, 0.2) is 9.32 Å². The quantitative estimate of drug-likeness (QED) is 0.765. The Bertz CT molecular complexity index is 592. The molecule has 0 saturated heterocycles. The maximum atomic E-state index is 11.5. The van der Waals surface area contributed by atoms with E-state index in [-0.39, 0.29) is 12.2 Å². The summed E-state index contributed by atoms with van der Waals surface area (Å²) in [5, 5.41) is 11.3. The van der Waals surface area contributed by atoms with Crippen LogP contribution in [0, 0.1) is 0 Å². The minimum absolute atomic E-state index is 0.173. The summed E-state index contributed by atoms with van der Waals surface area (Å²) in [6.07, 6.45) is 4.67. The van der Waals surface area contributed by atoms with E-state index in [9.17, 15) is 4.79 Å². The van der Waals surface area contributed by atoms with Crippen molar-refractivity contribution in [3.8, 4) is 0 Å². The average molecular weight is 250 g/mol. The molecule has 2 aromatic heterocycles. The first kappa shape index (κ1) is 11.1. The van der Waals surface area contributed by atoms with Crippen LogP contribution in [0.3, 0.4) is 0 Å². The predicted molar refractivity (Wildman–Crippen MR) is 59.9 cm³/mol. The van der Waals surface area contributed by atoms with Crippen molar-refractivity contribution in [2.45, 2.75) is 38.1 Å². The van der Waals surface area contributed by atoms with Crippen molar-refractivity contribution in [2.24, 2.45) is 7.05 Å². The topological polar surface area (TPSA) is 91.6 Å². The average Bonchev–Trinajstić information content (AvgIpc) is 3.06. The molecule has 2 aromatic rings. The van der Waals surface area contributed by atoms with E-state index >= 15 is 0 Å². The molecular weight excluding hydrogens is 236 g/mol. The van der Waals surface area contributed by atoms with Gasteiger partial charge in [0.2, 0.25) is 5.89 Å². The van der Waals surface area contributed by atoms with Gasteiger partial charge in [-0.2, -0.15) is 14.3 Å². The van der Waals surface area contributed by atoms with Crippen LogP contribution in [0.25, 0.3) is 0 Å². The molecule has 1 saturated carbocycles. The molecule has 8 nitrogen and oxygen atoms in total. The zero-order valence-electron chi connectivity index (χ0n) is 10.1. The number of aryl methyl sites for hydroxylation is 1. The van der Waals surface area contributed by atoms with E-state index in [1.807, 2.05) is 0 Å².